The van der Waals surface area contributed by atoms with Crippen LogP contribution in [0.5, 0.6) is 11.6 Å². The van der Waals surface area contributed by atoms with Crippen LogP contribution in [0.4, 0.5) is 13.2 Å². The number of H-pyrrole nitrogens is 1. The van der Waals surface area contributed by atoms with Gasteiger partial charge in [0.25, 0.3) is 11.8 Å². The van der Waals surface area contributed by atoms with Crippen LogP contribution >= 0.6 is 0 Å². The van der Waals surface area contributed by atoms with Crippen LogP contribution in [-0.2, 0) is 0 Å². The number of carbonyl (C=O) groups excluding carboxylic acids is 2. The first-order valence-corrected chi connectivity index (χ1v) is 10.6. The normalized spacial score (nSPS) is 15.2. The maximum Gasteiger partial charge on any atom is 0.573 e. The van der Waals surface area contributed by atoms with Crippen LogP contribution < -0.4 is 20.1 Å². The Labute approximate surface area is 217 Å². The highest BCUT2D eigenvalue weighted by molar-refractivity contribution is 6.05. The minimum atomic E-state index is -4.98. The zero-order chi connectivity index (χ0) is 31.7. The Morgan fingerprint density at radius 3 is 2.68 bits per heavy atom. The average Bonchev–Trinajstić information content (AvgIpc) is 3.30. The highest BCUT2D eigenvalue weighted by Crippen LogP contribution is 2.31. The zero-order valence-electron chi connectivity index (χ0n) is 24.9. The summed E-state index contributed by atoms with van der Waals surface area (Å²) < 4.78 is 91.6. The Kier molecular flexibility index (Phi) is 5.12. The van der Waals surface area contributed by atoms with Gasteiger partial charge in [-0.15, -0.1) is 13.2 Å². The molecule has 9 nitrogen and oxygen atoms in total. The molecule has 0 unspecified atom stereocenters. The van der Waals surface area contributed by atoms with Crippen molar-refractivity contribution in [3.63, 3.8) is 0 Å². The molecule has 1 atom stereocenters. The van der Waals surface area contributed by atoms with Gasteiger partial charge in [-0.05, 0) is 36.8 Å². The number of hydrogen-bond donors (Lipinski definition) is 3. The van der Waals surface area contributed by atoms with Gasteiger partial charge in [-0.2, -0.15) is 5.10 Å². The molecule has 0 aliphatic rings. The highest BCUT2D eigenvalue weighted by atomic mass is 19.4. The van der Waals surface area contributed by atoms with E-state index < -0.39 is 49.9 Å². The summed E-state index contributed by atoms with van der Waals surface area (Å²) in [5.74, 6) is -2.93. The van der Waals surface area contributed by atoms with E-state index in [0.29, 0.717) is 22.0 Å². The van der Waals surface area contributed by atoms with E-state index in [1.165, 1.54) is 55.6 Å². The number of benzene rings is 2. The van der Waals surface area contributed by atoms with Crippen LogP contribution in [0.25, 0.3) is 22.0 Å². The van der Waals surface area contributed by atoms with Gasteiger partial charge in [0.2, 0.25) is 5.88 Å². The molecule has 4 aromatic rings. The Hall–Kier alpha value is -4.61. The molecule has 0 saturated heterocycles. The van der Waals surface area contributed by atoms with Gasteiger partial charge >= 0.3 is 6.36 Å². The number of methoxy groups -OCH3 is 1. The highest BCUT2D eigenvalue weighted by Gasteiger charge is 2.33. The number of para-hydroxylation sites is 1. The van der Waals surface area contributed by atoms with Crippen molar-refractivity contribution in [2.45, 2.75) is 19.3 Å². The standard InChI is InChI=1S/C25H22F3N5O4/c1-13(16-6-4-5-7-20(16)37-25(26,27)28)31-22(34)18-10-15(12-30-24(18)36-3)14-8-9-17-19(11-14)32-33-21(17)23(35)29-2/h4-13H,1-3H3,(H,29,35)(H,31,34)(H,32,33)/t13-/m1/s1/i2D3,3D3. The number of pyridine rings is 1. The fourth-order valence-corrected chi connectivity index (χ4v) is 3.69. The molecule has 2 aromatic heterocycles. The second-order valence-corrected chi connectivity index (χ2v) is 7.75. The quantitative estimate of drug-likeness (QED) is 0.334. The van der Waals surface area contributed by atoms with E-state index in [-0.39, 0.29) is 16.8 Å². The number of nitrogens with zero attached hydrogens (tertiary/aromatic N) is 2. The molecule has 0 radical (unpaired) electrons. The summed E-state index contributed by atoms with van der Waals surface area (Å²) in [6.07, 6.45) is -3.75. The number of amides is 2. The monoisotopic (exact) mass is 519 g/mol. The zero-order valence-corrected chi connectivity index (χ0v) is 18.9. The van der Waals surface area contributed by atoms with E-state index in [1.54, 1.807) is 0 Å². The maximum absolute atomic E-state index is 13.3. The smallest absolute Gasteiger partial charge is 0.480 e. The predicted octanol–water partition coefficient (Wildman–Crippen LogP) is 4.38. The summed E-state index contributed by atoms with van der Waals surface area (Å²) in [6, 6.07) is 9.97. The SMILES string of the molecule is [2H]C([2H])([2H])NC(=O)c1n[nH]c2cc(-c3cnc(OC([2H])([2H])[2H])c(C(=O)N[C@H](C)c4ccccc4OC(F)(F)F)c3)ccc12. The number of nitrogens with one attached hydrogen (secondary N) is 3. The minimum Gasteiger partial charge on any atom is -0.480 e. The van der Waals surface area contributed by atoms with Crippen molar-refractivity contribution < 1.29 is 40.5 Å². The Morgan fingerprint density at radius 2 is 1.92 bits per heavy atom. The third-order valence-electron chi connectivity index (χ3n) is 5.38. The van der Waals surface area contributed by atoms with E-state index in [4.69, 9.17) is 13.0 Å². The Bertz CT molecular complexity index is 1670. The lowest BCUT2D eigenvalue weighted by Crippen LogP contribution is -2.28. The van der Waals surface area contributed by atoms with Gasteiger partial charge < -0.3 is 20.1 Å². The fraction of sp³-hybridized carbons (Fsp3) is 0.200. The number of ether oxygens (including phenoxy) is 2. The number of aromatic amines is 1. The van der Waals surface area contributed by atoms with Gasteiger partial charge in [0.05, 0.1) is 22.7 Å². The summed E-state index contributed by atoms with van der Waals surface area (Å²) >= 11 is 0. The third kappa shape index (κ3) is 5.47. The Balaban J connectivity index is 1.68. The molecule has 0 bridgehead atoms. The van der Waals surface area contributed by atoms with Crippen LogP contribution in [-0.4, -0.2) is 47.4 Å². The van der Waals surface area contributed by atoms with Crippen LogP contribution in [0.1, 0.15) is 47.6 Å². The molecular formula is C25H22F3N5O4. The van der Waals surface area contributed by atoms with Crippen LogP contribution in [0.15, 0.2) is 54.7 Å². The van der Waals surface area contributed by atoms with Gasteiger partial charge in [0, 0.05) is 33.8 Å². The molecule has 0 aliphatic carbocycles. The molecular weight excluding hydrogens is 491 g/mol. The van der Waals surface area contributed by atoms with Crippen molar-refractivity contribution in [1.82, 2.24) is 25.8 Å². The largest absolute Gasteiger partial charge is 0.573 e. The summed E-state index contributed by atoms with van der Waals surface area (Å²) in [7, 11) is -2.98. The van der Waals surface area contributed by atoms with Crippen LogP contribution in [0.2, 0.25) is 0 Å². The first-order valence-electron chi connectivity index (χ1n) is 13.6. The van der Waals surface area contributed by atoms with Crippen molar-refractivity contribution in [1.29, 1.82) is 0 Å². The van der Waals surface area contributed by atoms with E-state index in [1.807, 2.05) is 5.32 Å². The van der Waals surface area contributed by atoms with E-state index in [9.17, 15) is 22.8 Å². The summed E-state index contributed by atoms with van der Waals surface area (Å²) in [5.41, 5.74) is 0.549. The lowest BCUT2D eigenvalue weighted by Gasteiger charge is -2.19. The number of halogens is 3. The fourth-order valence-electron chi connectivity index (χ4n) is 3.69. The van der Waals surface area contributed by atoms with Crippen molar-refractivity contribution in [2.75, 3.05) is 14.0 Å². The van der Waals surface area contributed by atoms with E-state index in [0.717, 1.165) is 6.07 Å². The second-order valence-electron chi connectivity index (χ2n) is 7.75. The Morgan fingerprint density at radius 1 is 1.11 bits per heavy atom. The molecule has 37 heavy (non-hydrogen) atoms. The molecule has 2 aromatic carbocycles. The van der Waals surface area contributed by atoms with E-state index in [2.05, 4.69) is 25.2 Å². The average molecular weight is 520 g/mol. The first-order chi connectivity index (χ1) is 19.9. The lowest BCUT2D eigenvalue weighted by molar-refractivity contribution is -0.275. The maximum atomic E-state index is 13.3. The summed E-state index contributed by atoms with van der Waals surface area (Å²) in [4.78, 5) is 29.6. The number of rotatable bonds is 7. The minimum absolute atomic E-state index is 0.00129. The molecule has 0 fully saturated rings. The molecule has 0 saturated carbocycles. The lowest BCUT2D eigenvalue weighted by atomic mass is 10.0. The van der Waals surface area contributed by atoms with Crippen molar-refractivity contribution in [2.24, 2.45) is 0 Å². The summed E-state index contributed by atoms with van der Waals surface area (Å²) in [6.45, 7) is -1.32. The summed E-state index contributed by atoms with van der Waals surface area (Å²) in [5, 5.41) is 11.2. The predicted molar refractivity (Wildman–Crippen MR) is 128 cm³/mol. The van der Waals surface area contributed by atoms with Crippen molar-refractivity contribution >= 4 is 22.7 Å². The number of fused-ring (bicyclic) bond motifs is 1. The molecule has 2 heterocycles. The van der Waals surface area contributed by atoms with Gasteiger partial charge in [-0.3, -0.25) is 14.7 Å². The number of hydrogen-bond acceptors (Lipinski definition) is 6. The molecule has 2 amide bonds. The van der Waals surface area contributed by atoms with Crippen molar-refractivity contribution in [3.8, 4) is 22.8 Å². The van der Waals surface area contributed by atoms with E-state index >= 15 is 0 Å². The topological polar surface area (TPSA) is 118 Å². The molecule has 3 N–H and O–H groups in total. The van der Waals surface area contributed by atoms with Gasteiger partial charge in [0.1, 0.15) is 11.3 Å². The van der Waals surface area contributed by atoms with Crippen molar-refractivity contribution in [3.05, 3.63) is 71.5 Å². The van der Waals surface area contributed by atoms with Gasteiger partial charge in [-0.25, -0.2) is 4.98 Å². The third-order valence-corrected chi connectivity index (χ3v) is 5.38. The van der Waals surface area contributed by atoms with Gasteiger partial charge in [0.15, 0.2) is 5.69 Å². The molecule has 0 aliphatic heterocycles. The molecule has 0 spiro atoms. The number of carbonyl (C=O) groups is 2. The van der Waals surface area contributed by atoms with Gasteiger partial charge in [-0.1, -0.05) is 24.3 Å². The molecule has 4 rings (SSSR count). The first kappa shape index (κ1) is 18.6. The number of aromatic nitrogens is 3. The number of alkyl halides is 3. The molecule has 12 heteroatoms. The second kappa shape index (κ2) is 10.2. The molecule has 192 valence electrons. The van der Waals surface area contributed by atoms with Crippen LogP contribution in [0.3, 0.4) is 0 Å². The van der Waals surface area contributed by atoms with Crippen LogP contribution in [0, 0.1) is 0 Å².